The lowest BCUT2D eigenvalue weighted by molar-refractivity contribution is -0.143. The molecule has 2 aliphatic heterocycles. The SMILES string of the molecule is CN(C)C(=O)C1CCN(C2CCOC2=O)CC1. The van der Waals surface area contributed by atoms with Crippen molar-refractivity contribution in [2.24, 2.45) is 5.92 Å². The number of amides is 1. The van der Waals surface area contributed by atoms with Crippen molar-refractivity contribution in [2.45, 2.75) is 25.3 Å². The first-order chi connectivity index (χ1) is 8.09. The highest BCUT2D eigenvalue weighted by Gasteiger charge is 2.35. The van der Waals surface area contributed by atoms with Gasteiger partial charge in [-0.15, -0.1) is 0 Å². The number of ether oxygens (including phenoxy) is 1. The molecule has 0 aromatic rings. The molecule has 5 nitrogen and oxygen atoms in total. The van der Waals surface area contributed by atoms with Crippen LogP contribution < -0.4 is 0 Å². The summed E-state index contributed by atoms with van der Waals surface area (Å²) in [7, 11) is 3.59. The van der Waals surface area contributed by atoms with Gasteiger partial charge in [0.2, 0.25) is 5.91 Å². The molecule has 0 aromatic heterocycles. The molecule has 0 aromatic carbocycles. The summed E-state index contributed by atoms with van der Waals surface area (Å²) in [5, 5.41) is 0. The van der Waals surface area contributed by atoms with Crippen LogP contribution in [0.25, 0.3) is 0 Å². The second-order valence-electron chi connectivity index (χ2n) is 5.01. The fourth-order valence-corrected chi connectivity index (χ4v) is 2.64. The first-order valence-corrected chi connectivity index (χ1v) is 6.21. The third-order valence-electron chi connectivity index (χ3n) is 3.67. The topological polar surface area (TPSA) is 49.9 Å². The molecular weight excluding hydrogens is 220 g/mol. The van der Waals surface area contributed by atoms with Crippen molar-refractivity contribution in [1.29, 1.82) is 0 Å². The highest BCUT2D eigenvalue weighted by molar-refractivity contribution is 5.79. The van der Waals surface area contributed by atoms with Gasteiger partial charge < -0.3 is 9.64 Å². The van der Waals surface area contributed by atoms with E-state index in [1.54, 1.807) is 19.0 Å². The summed E-state index contributed by atoms with van der Waals surface area (Å²) in [6.07, 6.45) is 2.49. The molecular formula is C12H20N2O3. The van der Waals surface area contributed by atoms with Crippen molar-refractivity contribution < 1.29 is 14.3 Å². The first-order valence-electron chi connectivity index (χ1n) is 6.21. The summed E-state index contributed by atoms with van der Waals surface area (Å²) in [6, 6.07) is -0.0644. The lowest BCUT2D eigenvalue weighted by Gasteiger charge is -2.34. The van der Waals surface area contributed by atoms with Gasteiger partial charge in [0.25, 0.3) is 0 Å². The van der Waals surface area contributed by atoms with Gasteiger partial charge in [0.05, 0.1) is 6.61 Å². The Hall–Kier alpha value is -1.10. The van der Waals surface area contributed by atoms with Crippen molar-refractivity contribution in [3.05, 3.63) is 0 Å². The summed E-state index contributed by atoms with van der Waals surface area (Å²) < 4.78 is 4.98. The molecule has 0 spiro atoms. The fraction of sp³-hybridized carbons (Fsp3) is 0.833. The summed E-state index contributed by atoms with van der Waals surface area (Å²) in [4.78, 5) is 27.1. The van der Waals surface area contributed by atoms with E-state index >= 15 is 0 Å². The normalized spacial score (nSPS) is 26.9. The Morgan fingerprint density at radius 2 is 1.94 bits per heavy atom. The Bertz CT molecular complexity index is 309. The van der Waals surface area contributed by atoms with Crippen molar-refractivity contribution >= 4 is 11.9 Å². The molecule has 5 heteroatoms. The zero-order chi connectivity index (χ0) is 12.4. The van der Waals surface area contributed by atoms with E-state index in [1.807, 2.05) is 0 Å². The van der Waals surface area contributed by atoms with Crippen LogP contribution in [-0.4, -0.2) is 61.5 Å². The van der Waals surface area contributed by atoms with Crippen LogP contribution in [0.2, 0.25) is 0 Å². The minimum Gasteiger partial charge on any atom is -0.464 e. The maximum Gasteiger partial charge on any atom is 0.323 e. The molecule has 0 saturated carbocycles. The van der Waals surface area contributed by atoms with Crippen LogP contribution in [0.1, 0.15) is 19.3 Å². The number of piperidine rings is 1. The Balaban J connectivity index is 1.85. The fourth-order valence-electron chi connectivity index (χ4n) is 2.64. The molecule has 1 atom stereocenters. The monoisotopic (exact) mass is 240 g/mol. The van der Waals surface area contributed by atoms with E-state index in [2.05, 4.69) is 4.90 Å². The van der Waals surface area contributed by atoms with Gasteiger partial charge in [0.15, 0.2) is 0 Å². The van der Waals surface area contributed by atoms with E-state index in [9.17, 15) is 9.59 Å². The van der Waals surface area contributed by atoms with Crippen molar-refractivity contribution in [3.8, 4) is 0 Å². The Kier molecular flexibility index (Phi) is 3.66. The summed E-state index contributed by atoms with van der Waals surface area (Å²) >= 11 is 0. The van der Waals surface area contributed by atoms with E-state index in [0.29, 0.717) is 6.61 Å². The van der Waals surface area contributed by atoms with Gasteiger partial charge in [0.1, 0.15) is 6.04 Å². The number of hydrogen-bond donors (Lipinski definition) is 0. The average Bonchev–Trinajstić information content (AvgIpc) is 2.74. The van der Waals surface area contributed by atoms with Crippen LogP contribution in [-0.2, 0) is 14.3 Å². The van der Waals surface area contributed by atoms with Crippen molar-refractivity contribution in [3.63, 3.8) is 0 Å². The van der Waals surface area contributed by atoms with Crippen LogP contribution in [0.15, 0.2) is 0 Å². The van der Waals surface area contributed by atoms with E-state index in [0.717, 1.165) is 32.4 Å². The Morgan fingerprint density at radius 3 is 2.41 bits per heavy atom. The number of nitrogens with zero attached hydrogens (tertiary/aromatic N) is 2. The third kappa shape index (κ3) is 2.60. The van der Waals surface area contributed by atoms with Crippen molar-refractivity contribution in [1.82, 2.24) is 9.80 Å². The predicted molar refractivity (Wildman–Crippen MR) is 62.4 cm³/mol. The van der Waals surface area contributed by atoms with E-state index in [-0.39, 0.29) is 23.8 Å². The smallest absolute Gasteiger partial charge is 0.323 e. The molecule has 1 unspecified atom stereocenters. The summed E-state index contributed by atoms with van der Waals surface area (Å²) in [6.45, 7) is 2.19. The Morgan fingerprint density at radius 1 is 1.29 bits per heavy atom. The average molecular weight is 240 g/mol. The Labute approximate surface area is 102 Å². The second kappa shape index (κ2) is 5.04. The third-order valence-corrected chi connectivity index (χ3v) is 3.67. The largest absolute Gasteiger partial charge is 0.464 e. The van der Waals surface area contributed by atoms with Gasteiger partial charge in [-0.2, -0.15) is 0 Å². The lowest BCUT2D eigenvalue weighted by atomic mass is 9.94. The van der Waals surface area contributed by atoms with Gasteiger partial charge in [0, 0.05) is 26.4 Å². The number of cyclic esters (lactones) is 1. The van der Waals surface area contributed by atoms with E-state index in [4.69, 9.17) is 4.74 Å². The number of rotatable bonds is 2. The molecule has 2 aliphatic rings. The molecule has 1 amide bonds. The zero-order valence-electron chi connectivity index (χ0n) is 10.5. The number of carbonyl (C=O) groups excluding carboxylic acids is 2. The molecule has 0 N–H and O–H groups in total. The summed E-state index contributed by atoms with van der Waals surface area (Å²) in [5.41, 5.74) is 0. The highest BCUT2D eigenvalue weighted by atomic mass is 16.5. The van der Waals surface area contributed by atoms with E-state index < -0.39 is 0 Å². The van der Waals surface area contributed by atoms with Crippen molar-refractivity contribution in [2.75, 3.05) is 33.8 Å². The van der Waals surface area contributed by atoms with E-state index in [1.165, 1.54) is 0 Å². The van der Waals surface area contributed by atoms with Gasteiger partial charge in [-0.25, -0.2) is 0 Å². The second-order valence-corrected chi connectivity index (χ2v) is 5.01. The number of likely N-dealkylation sites (tertiary alicyclic amines) is 1. The van der Waals surface area contributed by atoms with Gasteiger partial charge in [-0.3, -0.25) is 14.5 Å². The molecule has 0 radical (unpaired) electrons. The van der Waals surface area contributed by atoms with Crippen LogP contribution in [0.5, 0.6) is 0 Å². The molecule has 2 fully saturated rings. The molecule has 2 heterocycles. The summed E-state index contributed by atoms with van der Waals surface area (Å²) in [5.74, 6) is 0.236. The maximum atomic E-state index is 11.8. The predicted octanol–water partition coefficient (Wildman–Crippen LogP) is 0.102. The lowest BCUT2D eigenvalue weighted by Crippen LogP contribution is -2.46. The first kappa shape index (κ1) is 12.4. The molecule has 0 aliphatic carbocycles. The maximum absolute atomic E-state index is 11.8. The minimum absolute atomic E-state index is 0.0644. The number of hydrogen-bond acceptors (Lipinski definition) is 4. The van der Waals surface area contributed by atoms with Crippen LogP contribution in [0.3, 0.4) is 0 Å². The number of carbonyl (C=O) groups is 2. The van der Waals surface area contributed by atoms with Crippen LogP contribution >= 0.6 is 0 Å². The molecule has 0 bridgehead atoms. The van der Waals surface area contributed by atoms with Gasteiger partial charge >= 0.3 is 5.97 Å². The van der Waals surface area contributed by atoms with Crippen LogP contribution in [0, 0.1) is 5.92 Å². The highest BCUT2D eigenvalue weighted by Crippen LogP contribution is 2.23. The van der Waals surface area contributed by atoms with Gasteiger partial charge in [-0.05, 0) is 25.9 Å². The molecule has 2 rings (SSSR count). The quantitative estimate of drug-likeness (QED) is 0.642. The molecule has 17 heavy (non-hydrogen) atoms. The molecule has 2 saturated heterocycles. The zero-order valence-corrected chi connectivity index (χ0v) is 10.5. The number of esters is 1. The standard InChI is InChI=1S/C12H20N2O3/c1-13(2)11(15)9-3-6-14(7-4-9)10-5-8-17-12(10)16/h9-10H,3-8H2,1-2H3. The molecule has 96 valence electrons. The van der Waals surface area contributed by atoms with Gasteiger partial charge in [-0.1, -0.05) is 0 Å². The minimum atomic E-state index is -0.0950. The van der Waals surface area contributed by atoms with Crippen LogP contribution in [0.4, 0.5) is 0 Å².